The van der Waals surface area contributed by atoms with E-state index in [9.17, 15) is 13.2 Å². The third kappa shape index (κ3) is 4.45. The third-order valence-electron chi connectivity index (χ3n) is 4.09. The Balaban J connectivity index is 1.97. The Bertz CT molecular complexity index is 904. The molecule has 5 nitrogen and oxygen atoms in total. The smallest absolute Gasteiger partial charge is 0.435 e. The van der Waals surface area contributed by atoms with Crippen molar-refractivity contribution >= 4 is 0 Å². The first-order chi connectivity index (χ1) is 13.4. The van der Waals surface area contributed by atoms with Crippen molar-refractivity contribution in [1.29, 1.82) is 0 Å². The van der Waals surface area contributed by atoms with Crippen LogP contribution in [0.2, 0.25) is 0 Å². The van der Waals surface area contributed by atoms with Crippen LogP contribution in [0.4, 0.5) is 13.2 Å². The average molecular weight is 391 g/mol. The number of halogens is 3. The summed E-state index contributed by atoms with van der Waals surface area (Å²) in [5.74, 6) is 1.25. The molecule has 3 aromatic rings. The number of nitrogens with zero attached hydrogens (tertiary/aromatic N) is 2. The van der Waals surface area contributed by atoms with E-state index < -0.39 is 11.9 Å². The second-order valence-corrected chi connectivity index (χ2v) is 6.00. The first kappa shape index (κ1) is 19.8. The number of methoxy groups -OCH3 is 1. The molecule has 3 rings (SSSR count). The van der Waals surface area contributed by atoms with Gasteiger partial charge in [-0.05, 0) is 61.6 Å². The van der Waals surface area contributed by atoms with Crippen LogP contribution in [0.1, 0.15) is 5.69 Å². The molecule has 0 aliphatic rings. The van der Waals surface area contributed by atoms with Crippen LogP contribution >= 0.6 is 0 Å². The van der Waals surface area contributed by atoms with Crippen molar-refractivity contribution in [3.8, 4) is 28.4 Å². The highest BCUT2D eigenvalue weighted by Crippen LogP contribution is 2.34. The van der Waals surface area contributed by atoms with Crippen LogP contribution in [-0.4, -0.2) is 37.1 Å². The Morgan fingerprint density at radius 3 is 2.21 bits per heavy atom. The van der Waals surface area contributed by atoms with Crippen LogP contribution in [0.5, 0.6) is 11.5 Å². The predicted molar refractivity (Wildman–Crippen MR) is 100.0 cm³/mol. The van der Waals surface area contributed by atoms with Crippen LogP contribution in [-0.2, 0) is 6.18 Å². The van der Waals surface area contributed by atoms with Gasteiger partial charge in [-0.2, -0.15) is 18.3 Å². The molecule has 1 N–H and O–H groups in total. The van der Waals surface area contributed by atoms with E-state index in [4.69, 9.17) is 9.47 Å². The van der Waals surface area contributed by atoms with Crippen molar-refractivity contribution in [3.05, 3.63) is 60.3 Å². The summed E-state index contributed by atoms with van der Waals surface area (Å²) in [5, 5.41) is 6.75. The van der Waals surface area contributed by atoms with Crippen LogP contribution in [0.3, 0.4) is 0 Å². The first-order valence-corrected chi connectivity index (χ1v) is 8.62. The summed E-state index contributed by atoms with van der Waals surface area (Å²) in [7, 11) is 3.35. The number of ether oxygens (including phenoxy) is 2. The van der Waals surface area contributed by atoms with E-state index in [1.165, 1.54) is 11.8 Å². The summed E-state index contributed by atoms with van der Waals surface area (Å²) in [4.78, 5) is 0. The molecular formula is C20H20F3N3O2. The zero-order valence-electron chi connectivity index (χ0n) is 15.5. The summed E-state index contributed by atoms with van der Waals surface area (Å²) in [6.07, 6.45) is -4.54. The maximum atomic E-state index is 13.2. The Labute approximate surface area is 160 Å². The molecule has 0 saturated heterocycles. The van der Waals surface area contributed by atoms with Crippen molar-refractivity contribution < 1.29 is 22.6 Å². The van der Waals surface area contributed by atoms with Gasteiger partial charge in [-0.3, -0.25) is 0 Å². The van der Waals surface area contributed by atoms with E-state index >= 15 is 0 Å². The van der Waals surface area contributed by atoms with E-state index in [0.717, 1.165) is 6.07 Å². The topological polar surface area (TPSA) is 48.3 Å². The highest BCUT2D eigenvalue weighted by atomic mass is 19.4. The molecule has 8 heteroatoms. The van der Waals surface area contributed by atoms with Crippen molar-refractivity contribution in [3.63, 3.8) is 0 Å². The molecule has 0 spiro atoms. The fourth-order valence-electron chi connectivity index (χ4n) is 2.64. The molecule has 0 aliphatic heterocycles. The zero-order valence-corrected chi connectivity index (χ0v) is 15.5. The lowest BCUT2D eigenvalue weighted by molar-refractivity contribution is -0.141. The van der Waals surface area contributed by atoms with E-state index in [2.05, 4.69) is 10.4 Å². The van der Waals surface area contributed by atoms with Gasteiger partial charge in [-0.25, -0.2) is 4.68 Å². The van der Waals surface area contributed by atoms with Crippen molar-refractivity contribution in [2.75, 3.05) is 27.3 Å². The molecule has 2 aromatic carbocycles. The van der Waals surface area contributed by atoms with Crippen LogP contribution in [0, 0.1) is 0 Å². The predicted octanol–water partition coefficient (Wildman–Crippen LogP) is 4.16. The number of hydrogen-bond acceptors (Lipinski definition) is 4. The Morgan fingerprint density at radius 2 is 1.64 bits per heavy atom. The molecule has 148 valence electrons. The Morgan fingerprint density at radius 1 is 1.00 bits per heavy atom. The maximum Gasteiger partial charge on any atom is 0.435 e. The van der Waals surface area contributed by atoms with Gasteiger partial charge in [-0.1, -0.05) is 0 Å². The van der Waals surface area contributed by atoms with Crippen molar-refractivity contribution in [1.82, 2.24) is 15.1 Å². The van der Waals surface area contributed by atoms with E-state index in [0.29, 0.717) is 41.6 Å². The second kappa shape index (κ2) is 8.35. The molecule has 0 aliphatic carbocycles. The summed E-state index contributed by atoms with van der Waals surface area (Å²) in [6.45, 7) is 1.19. The minimum absolute atomic E-state index is 0.333. The fraction of sp³-hybridized carbons (Fsp3) is 0.250. The number of likely N-dealkylation sites (N-methyl/N-ethyl adjacent to an activating group) is 1. The lowest BCUT2D eigenvalue weighted by Crippen LogP contribution is -2.15. The van der Waals surface area contributed by atoms with Gasteiger partial charge in [0.05, 0.1) is 18.5 Å². The maximum absolute atomic E-state index is 13.2. The van der Waals surface area contributed by atoms with Gasteiger partial charge in [0, 0.05) is 12.1 Å². The van der Waals surface area contributed by atoms with Crippen molar-refractivity contribution in [2.24, 2.45) is 0 Å². The molecule has 28 heavy (non-hydrogen) atoms. The Kier molecular flexibility index (Phi) is 5.89. The molecule has 0 bridgehead atoms. The SMILES string of the molecule is CNCCOc1ccc(-c2cc(C(F)(F)F)nn2-c2ccc(OC)cc2)cc1. The fourth-order valence-corrected chi connectivity index (χ4v) is 2.64. The van der Waals surface area contributed by atoms with E-state index in [1.54, 1.807) is 48.5 Å². The van der Waals surface area contributed by atoms with Gasteiger partial charge in [0.25, 0.3) is 0 Å². The number of rotatable bonds is 7. The standard InChI is InChI=1S/C20H20F3N3O2/c1-24-11-12-28-17-7-3-14(4-8-17)18-13-19(20(21,22)23)25-26(18)15-5-9-16(27-2)10-6-15/h3-10,13,24H,11-12H2,1-2H3. The summed E-state index contributed by atoms with van der Waals surface area (Å²) >= 11 is 0. The third-order valence-corrected chi connectivity index (χ3v) is 4.09. The van der Waals surface area contributed by atoms with Gasteiger partial charge in [0.1, 0.15) is 18.1 Å². The largest absolute Gasteiger partial charge is 0.497 e. The molecule has 0 radical (unpaired) electrons. The molecule has 0 unspecified atom stereocenters. The lowest BCUT2D eigenvalue weighted by atomic mass is 10.1. The average Bonchev–Trinajstić information content (AvgIpc) is 3.15. The molecule has 1 aromatic heterocycles. The van der Waals surface area contributed by atoms with Gasteiger partial charge in [0.15, 0.2) is 5.69 Å². The minimum atomic E-state index is -4.54. The molecule has 0 saturated carbocycles. The normalized spacial score (nSPS) is 11.5. The van der Waals surface area contributed by atoms with Gasteiger partial charge < -0.3 is 14.8 Å². The molecule has 0 fully saturated rings. The number of nitrogens with one attached hydrogen (secondary N) is 1. The number of alkyl halides is 3. The lowest BCUT2D eigenvalue weighted by Gasteiger charge is -2.10. The van der Waals surface area contributed by atoms with Crippen LogP contribution in [0.25, 0.3) is 16.9 Å². The first-order valence-electron chi connectivity index (χ1n) is 8.62. The van der Waals surface area contributed by atoms with Crippen molar-refractivity contribution in [2.45, 2.75) is 6.18 Å². The van der Waals surface area contributed by atoms with Gasteiger partial charge in [-0.15, -0.1) is 0 Å². The summed E-state index contributed by atoms with van der Waals surface area (Å²) in [6, 6.07) is 14.6. The second-order valence-electron chi connectivity index (χ2n) is 6.00. The van der Waals surface area contributed by atoms with Crippen LogP contribution < -0.4 is 14.8 Å². The molecule has 0 amide bonds. The number of benzene rings is 2. The number of aromatic nitrogens is 2. The molecular weight excluding hydrogens is 371 g/mol. The highest BCUT2D eigenvalue weighted by molar-refractivity contribution is 5.64. The summed E-state index contributed by atoms with van der Waals surface area (Å²) < 4.78 is 51.7. The molecule has 1 heterocycles. The zero-order chi connectivity index (χ0) is 20.1. The van der Waals surface area contributed by atoms with E-state index in [1.807, 2.05) is 7.05 Å². The van der Waals surface area contributed by atoms with Gasteiger partial charge in [0.2, 0.25) is 0 Å². The van der Waals surface area contributed by atoms with Crippen LogP contribution in [0.15, 0.2) is 54.6 Å². The quantitative estimate of drug-likeness (QED) is 0.615. The summed E-state index contributed by atoms with van der Waals surface area (Å²) in [5.41, 5.74) is 0.479. The minimum Gasteiger partial charge on any atom is -0.497 e. The van der Waals surface area contributed by atoms with E-state index in [-0.39, 0.29) is 0 Å². The molecule has 0 atom stereocenters. The highest BCUT2D eigenvalue weighted by Gasteiger charge is 2.35. The monoisotopic (exact) mass is 391 g/mol. The Hall–Kier alpha value is -3.00. The van der Waals surface area contributed by atoms with Gasteiger partial charge >= 0.3 is 6.18 Å². The number of hydrogen-bond donors (Lipinski definition) is 1.